The average Bonchev–Trinajstić information content (AvgIpc) is 2.75. The van der Waals surface area contributed by atoms with Gasteiger partial charge in [0.05, 0.1) is 11.1 Å². The van der Waals surface area contributed by atoms with Gasteiger partial charge in [-0.2, -0.15) is 11.8 Å². The first kappa shape index (κ1) is 11.7. The Kier molecular flexibility index (Phi) is 4.01. The van der Waals surface area contributed by atoms with Crippen LogP contribution in [0.5, 0.6) is 0 Å². The van der Waals surface area contributed by atoms with Crippen LogP contribution in [-0.2, 0) is 5.75 Å². The molecule has 0 fully saturated rings. The summed E-state index contributed by atoms with van der Waals surface area (Å²) in [6, 6.07) is 2.08. The van der Waals surface area contributed by atoms with Gasteiger partial charge < -0.3 is 5.32 Å². The highest BCUT2D eigenvalue weighted by Crippen LogP contribution is 2.25. The van der Waals surface area contributed by atoms with Crippen LogP contribution in [0.1, 0.15) is 19.7 Å². The highest BCUT2D eigenvalue weighted by atomic mass is 32.2. The normalized spacial score (nSPS) is 10.9. The Morgan fingerprint density at radius 1 is 1.38 bits per heavy atom. The predicted molar refractivity (Wildman–Crippen MR) is 73.4 cm³/mol. The molecule has 86 valence electrons. The van der Waals surface area contributed by atoms with Crippen molar-refractivity contribution in [3.8, 4) is 0 Å². The largest absolute Gasteiger partial charge is 0.370 e. The third kappa shape index (κ3) is 2.47. The van der Waals surface area contributed by atoms with Gasteiger partial charge in [-0.15, -0.1) is 11.3 Å². The molecule has 2 aromatic rings. The molecular weight excluding hydrogens is 238 g/mol. The van der Waals surface area contributed by atoms with E-state index in [9.17, 15) is 0 Å². The number of anilines is 1. The summed E-state index contributed by atoms with van der Waals surface area (Å²) in [6.45, 7) is 5.13. The summed E-state index contributed by atoms with van der Waals surface area (Å²) in [6.07, 6.45) is 0. The first-order valence-electron chi connectivity index (χ1n) is 5.40. The van der Waals surface area contributed by atoms with E-state index in [2.05, 4.69) is 40.6 Å². The molecule has 0 aliphatic heterocycles. The minimum Gasteiger partial charge on any atom is -0.370 e. The highest BCUT2D eigenvalue weighted by molar-refractivity contribution is 7.98. The third-order valence-electron chi connectivity index (χ3n) is 2.15. The maximum Gasteiger partial charge on any atom is 0.142 e. The van der Waals surface area contributed by atoms with E-state index in [1.807, 2.05) is 11.8 Å². The van der Waals surface area contributed by atoms with Crippen LogP contribution >= 0.6 is 23.1 Å². The molecule has 2 heterocycles. The number of fused-ring (bicyclic) bond motifs is 1. The predicted octanol–water partition coefficient (Wildman–Crippen LogP) is 3.38. The number of nitrogens with zero attached hydrogens (tertiary/aromatic N) is 2. The Balaban J connectivity index is 2.36. The zero-order chi connectivity index (χ0) is 11.4. The van der Waals surface area contributed by atoms with Crippen molar-refractivity contribution in [2.45, 2.75) is 19.6 Å². The Hall–Kier alpha value is -0.810. The van der Waals surface area contributed by atoms with E-state index >= 15 is 0 Å². The molecule has 0 radical (unpaired) electrons. The van der Waals surface area contributed by atoms with E-state index in [1.54, 1.807) is 11.3 Å². The fraction of sp³-hybridized carbons (Fsp3) is 0.455. The van der Waals surface area contributed by atoms with Gasteiger partial charge in [0.15, 0.2) is 0 Å². The van der Waals surface area contributed by atoms with Gasteiger partial charge >= 0.3 is 0 Å². The van der Waals surface area contributed by atoms with Gasteiger partial charge in [-0.3, -0.25) is 0 Å². The molecule has 16 heavy (non-hydrogen) atoms. The quantitative estimate of drug-likeness (QED) is 0.886. The zero-order valence-corrected chi connectivity index (χ0v) is 11.1. The summed E-state index contributed by atoms with van der Waals surface area (Å²) in [4.78, 5) is 10.2. The van der Waals surface area contributed by atoms with Gasteiger partial charge in [-0.25, -0.2) is 9.97 Å². The van der Waals surface area contributed by atoms with Crippen LogP contribution in [-0.4, -0.2) is 22.3 Å². The number of nitrogens with one attached hydrogen (secondary N) is 1. The molecule has 0 amide bonds. The lowest BCUT2D eigenvalue weighted by Gasteiger charge is -2.06. The van der Waals surface area contributed by atoms with E-state index < -0.39 is 0 Å². The van der Waals surface area contributed by atoms with Crippen LogP contribution in [0.2, 0.25) is 0 Å². The van der Waals surface area contributed by atoms with Gasteiger partial charge in [0, 0.05) is 6.54 Å². The Bertz CT molecular complexity index is 467. The molecule has 0 atom stereocenters. The Morgan fingerprint density at radius 2 is 2.25 bits per heavy atom. The molecule has 0 bridgehead atoms. The fourth-order valence-electron chi connectivity index (χ4n) is 1.46. The van der Waals surface area contributed by atoms with Gasteiger partial charge in [-0.05, 0) is 24.1 Å². The van der Waals surface area contributed by atoms with Crippen molar-refractivity contribution in [1.82, 2.24) is 9.97 Å². The van der Waals surface area contributed by atoms with Crippen molar-refractivity contribution >= 4 is 39.1 Å². The molecule has 0 unspecified atom stereocenters. The van der Waals surface area contributed by atoms with Crippen molar-refractivity contribution in [3.05, 3.63) is 17.3 Å². The SMILES string of the molecule is CCNc1nc(CSCC)nc2sccc12. The summed E-state index contributed by atoms with van der Waals surface area (Å²) in [7, 11) is 0. The summed E-state index contributed by atoms with van der Waals surface area (Å²) in [5.41, 5.74) is 0. The van der Waals surface area contributed by atoms with Crippen LogP contribution in [0.25, 0.3) is 10.2 Å². The van der Waals surface area contributed by atoms with Crippen LogP contribution in [0, 0.1) is 0 Å². The minimum atomic E-state index is 0.891. The van der Waals surface area contributed by atoms with E-state index in [0.29, 0.717) is 0 Å². The van der Waals surface area contributed by atoms with Crippen molar-refractivity contribution in [2.75, 3.05) is 17.6 Å². The second kappa shape index (κ2) is 5.50. The molecule has 0 saturated carbocycles. The van der Waals surface area contributed by atoms with E-state index in [0.717, 1.165) is 39.9 Å². The maximum atomic E-state index is 4.56. The standard InChI is InChI=1S/C11H15N3S2/c1-3-12-10-8-5-6-16-11(8)14-9(13-10)7-15-4-2/h5-6H,3-4,7H2,1-2H3,(H,12,13,14). The van der Waals surface area contributed by atoms with E-state index in [1.165, 1.54) is 0 Å². The third-order valence-corrected chi connectivity index (χ3v) is 3.83. The van der Waals surface area contributed by atoms with Crippen molar-refractivity contribution < 1.29 is 0 Å². The number of hydrogen-bond acceptors (Lipinski definition) is 5. The summed E-state index contributed by atoms with van der Waals surface area (Å²) in [5, 5.41) is 6.50. The summed E-state index contributed by atoms with van der Waals surface area (Å²) < 4.78 is 0. The zero-order valence-electron chi connectivity index (χ0n) is 9.49. The molecule has 1 N–H and O–H groups in total. The molecule has 0 aliphatic carbocycles. The summed E-state index contributed by atoms with van der Waals surface area (Å²) in [5.74, 6) is 3.89. The molecule has 0 aromatic carbocycles. The molecular formula is C11H15N3S2. The van der Waals surface area contributed by atoms with Gasteiger partial charge in [0.2, 0.25) is 0 Å². The highest BCUT2D eigenvalue weighted by Gasteiger charge is 2.07. The minimum absolute atomic E-state index is 0.891. The second-order valence-corrected chi connectivity index (χ2v) is 5.46. The fourth-order valence-corrected chi connectivity index (χ4v) is 2.76. The van der Waals surface area contributed by atoms with Crippen LogP contribution in [0.15, 0.2) is 11.4 Å². The van der Waals surface area contributed by atoms with Gasteiger partial charge in [-0.1, -0.05) is 6.92 Å². The summed E-state index contributed by atoms with van der Waals surface area (Å²) >= 11 is 3.53. The maximum absolute atomic E-state index is 4.56. The van der Waals surface area contributed by atoms with Crippen LogP contribution < -0.4 is 5.32 Å². The number of thioether (sulfide) groups is 1. The van der Waals surface area contributed by atoms with E-state index in [-0.39, 0.29) is 0 Å². The van der Waals surface area contributed by atoms with Crippen molar-refractivity contribution in [3.63, 3.8) is 0 Å². The first-order valence-corrected chi connectivity index (χ1v) is 7.44. The molecule has 2 rings (SSSR count). The smallest absolute Gasteiger partial charge is 0.142 e. The molecule has 5 heteroatoms. The van der Waals surface area contributed by atoms with Gasteiger partial charge in [0.1, 0.15) is 16.5 Å². The molecule has 2 aromatic heterocycles. The van der Waals surface area contributed by atoms with E-state index in [4.69, 9.17) is 0 Å². The first-order chi connectivity index (χ1) is 7.85. The molecule has 0 aliphatic rings. The van der Waals surface area contributed by atoms with Crippen molar-refractivity contribution in [1.29, 1.82) is 0 Å². The number of rotatable bonds is 5. The lowest BCUT2D eigenvalue weighted by Crippen LogP contribution is -2.03. The topological polar surface area (TPSA) is 37.8 Å². The Labute approximate surface area is 104 Å². The Morgan fingerprint density at radius 3 is 3.00 bits per heavy atom. The number of aromatic nitrogens is 2. The van der Waals surface area contributed by atoms with Gasteiger partial charge in [0.25, 0.3) is 0 Å². The lowest BCUT2D eigenvalue weighted by molar-refractivity contribution is 1.06. The molecule has 3 nitrogen and oxygen atoms in total. The van der Waals surface area contributed by atoms with Crippen LogP contribution in [0.3, 0.4) is 0 Å². The number of hydrogen-bond donors (Lipinski definition) is 1. The molecule has 0 saturated heterocycles. The lowest BCUT2D eigenvalue weighted by atomic mass is 10.3. The monoisotopic (exact) mass is 253 g/mol. The second-order valence-electron chi connectivity index (χ2n) is 3.30. The average molecular weight is 253 g/mol. The number of thiophene rings is 1. The molecule has 0 spiro atoms. The van der Waals surface area contributed by atoms with Crippen molar-refractivity contribution in [2.24, 2.45) is 0 Å². The van der Waals surface area contributed by atoms with Crippen LogP contribution in [0.4, 0.5) is 5.82 Å².